The first-order valence-electron chi connectivity index (χ1n) is 6.64. The van der Waals surface area contributed by atoms with Crippen molar-refractivity contribution in [3.8, 4) is 5.75 Å². The van der Waals surface area contributed by atoms with Gasteiger partial charge in [-0.2, -0.15) is 0 Å². The van der Waals surface area contributed by atoms with Crippen LogP contribution in [0.4, 0.5) is 4.39 Å². The van der Waals surface area contributed by atoms with Crippen molar-refractivity contribution >= 4 is 24.0 Å². The number of fused-ring (bicyclic) bond motifs is 1. The molecule has 3 rings (SSSR count). The molecule has 0 amide bonds. The first kappa shape index (κ1) is 15.8. The van der Waals surface area contributed by atoms with Gasteiger partial charge in [-0.05, 0) is 49.9 Å². The Labute approximate surface area is 128 Å². The summed E-state index contributed by atoms with van der Waals surface area (Å²) in [6.45, 7) is 1.95. The fourth-order valence-electron chi connectivity index (χ4n) is 3.11. The van der Waals surface area contributed by atoms with Gasteiger partial charge in [-0.3, -0.25) is 0 Å². The van der Waals surface area contributed by atoms with E-state index in [1.807, 2.05) is 0 Å². The van der Waals surface area contributed by atoms with Gasteiger partial charge in [0.05, 0.1) is 11.1 Å². The van der Waals surface area contributed by atoms with Crippen LogP contribution in [0.5, 0.6) is 5.75 Å². The van der Waals surface area contributed by atoms with Crippen LogP contribution >= 0.6 is 24.0 Å². The lowest BCUT2D eigenvalue weighted by atomic mass is 9.78. The van der Waals surface area contributed by atoms with Gasteiger partial charge in [0.15, 0.2) is 0 Å². The normalized spacial score (nSPS) is 32.4. The van der Waals surface area contributed by atoms with Gasteiger partial charge in [-0.1, -0.05) is 11.6 Å². The van der Waals surface area contributed by atoms with Crippen molar-refractivity contribution in [2.75, 3.05) is 13.1 Å². The summed E-state index contributed by atoms with van der Waals surface area (Å²) >= 11 is 5.64. The highest BCUT2D eigenvalue weighted by Gasteiger charge is 2.39. The fraction of sp³-hybridized carbons (Fsp3) is 0.571. The van der Waals surface area contributed by atoms with Gasteiger partial charge >= 0.3 is 0 Å². The second-order valence-corrected chi connectivity index (χ2v) is 5.86. The summed E-state index contributed by atoms with van der Waals surface area (Å²) < 4.78 is 19.1. The summed E-state index contributed by atoms with van der Waals surface area (Å²) in [5.41, 5.74) is 0. The van der Waals surface area contributed by atoms with E-state index in [1.165, 1.54) is 12.1 Å². The van der Waals surface area contributed by atoms with Crippen LogP contribution in [0.2, 0.25) is 5.02 Å². The van der Waals surface area contributed by atoms with Crippen LogP contribution in [-0.4, -0.2) is 30.4 Å². The molecule has 1 aromatic rings. The van der Waals surface area contributed by atoms with E-state index in [0.29, 0.717) is 17.6 Å². The zero-order chi connectivity index (χ0) is 13.4. The molecule has 0 aromatic heterocycles. The van der Waals surface area contributed by atoms with Crippen molar-refractivity contribution in [3.05, 3.63) is 29.0 Å². The average molecular weight is 322 g/mol. The number of aliphatic hydroxyl groups excluding tert-OH is 1. The second-order valence-electron chi connectivity index (χ2n) is 5.45. The monoisotopic (exact) mass is 321 g/mol. The molecule has 112 valence electrons. The molecule has 2 N–H and O–H groups in total. The van der Waals surface area contributed by atoms with Gasteiger partial charge in [-0.25, -0.2) is 4.39 Å². The van der Waals surface area contributed by atoms with E-state index in [-0.39, 0.29) is 23.5 Å². The molecule has 1 aliphatic carbocycles. The predicted molar refractivity (Wildman–Crippen MR) is 78.2 cm³/mol. The Morgan fingerprint density at radius 3 is 2.65 bits per heavy atom. The van der Waals surface area contributed by atoms with Gasteiger partial charge in [0.25, 0.3) is 0 Å². The maximum absolute atomic E-state index is 13.4. The Balaban J connectivity index is 0.00000147. The van der Waals surface area contributed by atoms with E-state index in [1.54, 1.807) is 6.07 Å². The molecule has 1 saturated heterocycles. The number of benzene rings is 1. The summed E-state index contributed by atoms with van der Waals surface area (Å²) in [7, 11) is 0. The van der Waals surface area contributed by atoms with E-state index >= 15 is 0 Å². The fourth-order valence-corrected chi connectivity index (χ4v) is 3.23. The topological polar surface area (TPSA) is 41.5 Å². The lowest BCUT2D eigenvalue weighted by Crippen LogP contribution is -2.42. The summed E-state index contributed by atoms with van der Waals surface area (Å²) in [5.74, 6) is 1.02. The Morgan fingerprint density at radius 1 is 1.25 bits per heavy atom. The summed E-state index contributed by atoms with van der Waals surface area (Å²) in [6.07, 6.45) is 0.809. The minimum Gasteiger partial charge on any atom is -0.488 e. The third-order valence-corrected chi connectivity index (χ3v) is 4.47. The van der Waals surface area contributed by atoms with E-state index in [9.17, 15) is 9.50 Å². The standard InChI is InChI=1S/C14H17ClFNO2.ClH/c15-11-2-1-10(5-12(11)16)19-14-4-9-7-17-6-8(9)3-13(14)18;/h1-2,5,8-9,13-14,17-18H,3-4,6-7H2;1H/t8-,9+,13+,14+;/m0./s1. The summed E-state index contributed by atoms with van der Waals surface area (Å²) in [5, 5.41) is 13.6. The van der Waals surface area contributed by atoms with Crippen LogP contribution in [0, 0.1) is 17.7 Å². The predicted octanol–water partition coefficient (Wildman–Crippen LogP) is 2.64. The molecular weight excluding hydrogens is 304 g/mol. The van der Waals surface area contributed by atoms with Crippen LogP contribution in [0.25, 0.3) is 0 Å². The highest BCUT2D eigenvalue weighted by Crippen LogP contribution is 2.35. The van der Waals surface area contributed by atoms with E-state index in [2.05, 4.69) is 5.32 Å². The Kier molecular flexibility index (Phi) is 5.13. The highest BCUT2D eigenvalue weighted by atomic mass is 35.5. The molecular formula is C14H18Cl2FNO2. The quantitative estimate of drug-likeness (QED) is 0.880. The van der Waals surface area contributed by atoms with E-state index in [0.717, 1.165) is 25.9 Å². The molecule has 1 aliphatic heterocycles. The SMILES string of the molecule is Cl.O[C@@H]1C[C@H]2CNC[C@H]2C[C@H]1Oc1ccc(Cl)c(F)c1. The lowest BCUT2D eigenvalue weighted by Gasteiger charge is -2.35. The molecule has 3 nitrogen and oxygen atoms in total. The van der Waals surface area contributed by atoms with Crippen molar-refractivity contribution in [3.63, 3.8) is 0 Å². The van der Waals surface area contributed by atoms with Crippen LogP contribution < -0.4 is 10.1 Å². The number of hydrogen-bond acceptors (Lipinski definition) is 3. The maximum atomic E-state index is 13.4. The third-order valence-electron chi connectivity index (χ3n) is 4.17. The van der Waals surface area contributed by atoms with Crippen molar-refractivity contribution in [2.45, 2.75) is 25.0 Å². The first-order chi connectivity index (χ1) is 9.13. The third kappa shape index (κ3) is 3.19. The van der Waals surface area contributed by atoms with Gasteiger partial charge in [0.1, 0.15) is 17.7 Å². The molecule has 2 fully saturated rings. The van der Waals surface area contributed by atoms with Crippen molar-refractivity contribution in [1.29, 1.82) is 0 Å². The molecule has 0 unspecified atom stereocenters. The van der Waals surface area contributed by atoms with Crippen LogP contribution in [0.1, 0.15) is 12.8 Å². The van der Waals surface area contributed by atoms with E-state index < -0.39 is 11.9 Å². The zero-order valence-electron chi connectivity index (χ0n) is 10.9. The van der Waals surface area contributed by atoms with Crippen molar-refractivity contribution < 1.29 is 14.2 Å². The minimum absolute atomic E-state index is 0. The molecule has 0 radical (unpaired) electrons. The Bertz CT molecular complexity index is 474. The van der Waals surface area contributed by atoms with Gasteiger partial charge in [-0.15, -0.1) is 12.4 Å². The summed E-state index contributed by atoms with van der Waals surface area (Å²) in [4.78, 5) is 0. The molecule has 1 aromatic carbocycles. The number of halogens is 3. The number of rotatable bonds is 2. The average Bonchev–Trinajstić information content (AvgIpc) is 2.81. The smallest absolute Gasteiger partial charge is 0.145 e. The van der Waals surface area contributed by atoms with Gasteiger partial charge in [0, 0.05) is 6.07 Å². The highest BCUT2D eigenvalue weighted by molar-refractivity contribution is 6.30. The molecule has 2 aliphatic rings. The first-order valence-corrected chi connectivity index (χ1v) is 7.02. The van der Waals surface area contributed by atoms with E-state index in [4.69, 9.17) is 16.3 Å². The largest absolute Gasteiger partial charge is 0.488 e. The maximum Gasteiger partial charge on any atom is 0.145 e. The molecule has 4 atom stereocenters. The van der Waals surface area contributed by atoms with Crippen molar-refractivity contribution in [2.24, 2.45) is 11.8 Å². The molecule has 20 heavy (non-hydrogen) atoms. The molecule has 6 heteroatoms. The van der Waals surface area contributed by atoms with Crippen LogP contribution in [0.3, 0.4) is 0 Å². The Morgan fingerprint density at radius 2 is 1.95 bits per heavy atom. The molecule has 1 heterocycles. The second kappa shape index (κ2) is 6.48. The minimum atomic E-state index is -0.495. The molecule has 0 bridgehead atoms. The number of aliphatic hydroxyl groups is 1. The van der Waals surface area contributed by atoms with Gasteiger partial charge < -0.3 is 15.2 Å². The zero-order valence-corrected chi connectivity index (χ0v) is 12.5. The molecule has 1 saturated carbocycles. The van der Waals surface area contributed by atoms with Crippen molar-refractivity contribution in [1.82, 2.24) is 5.32 Å². The van der Waals surface area contributed by atoms with Crippen LogP contribution in [0.15, 0.2) is 18.2 Å². The van der Waals surface area contributed by atoms with Crippen LogP contribution in [-0.2, 0) is 0 Å². The van der Waals surface area contributed by atoms with Gasteiger partial charge in [0.2, 0.25) is 0 Å². The number of nitrogens with one attached hydrogen (secondary N) is 1. The number of hydrogen-bond donors (Lipinski definition) is 2. The Hall–Kier alpha value is -0.550. The number of ether oxygens (including phenoxy) is 1. The summed E-state index contributed by atoms with van der Waals surface area (Å²) in [6, 6.07) is 4.38. The molecule has 0 spiro atoms. The lowest BCUT2D eigenvalue weighted by molar-refractivity contribution is -0.0232.